The molecule has 3 aromatic rings. The predicted octanol–water partition coefficient (Wildman–Crippen LogP) is 6.61. The molecule has 0 aliphatic heterocycles. The van der Waals surface area contributed by atoms with Gasteiger partial charge < -0.3 is 0 Å². The number of allylic oxidation sites excluding steroid dienone is 4. The van der Waals surface area contributed by atoms with Crippen LogP contribution in [0.25, 0.3) is 21.5 Å². The van der Waals surface area contributed by atoms with E-state index < -0.39 is 16.1 Å². The molecule has 0 nitrogen and oxygen atoms in total. The molecule has 2 aliphatic rings. The first kappa shape index (κ1) is 23.6. The summed E-state index contributed by atoms with van der Waals surface area (Å²) in [6, 6.07) is 16.6. The second-order valence-electron chi connectivity index (χ2n) is 10.4. The van der Waals surface area contributed by atoms with Gasteiger partial charge in [-0.1, -0.05) is 73.9 Å². The van der Waals surface area contributed by atoms with Crippen LogP contribution in [-0.4, -0.2) is 19.4 Å². The molecule has 0 bridgehead atoms. The van der Waals surface area contributed by atoms with Crippen molar-refractivity contribution in [3.05, 3.63) is 66.8 Å². The van der Waals surface area contributed by atoms with Gasteiger partial charge in [0.1, 0.15) is 0 Å². The average Bonchev–Trinajstić information content (AvgIpc) is 3.15. The van der Waals surface area contributed by atoms with E-state index >= 15 is 0 Å². The number of hydrogen-bond donors (Lipinski definition) is 0. The summed E-state index contributed by atoms with van der Waals surface area (Å²) in [6.45, 7) is 14.5. The molecule has 0 aromatic heterocycles. The first-order chi connectivity index (χ1) is 14.1. The molecule has 0 radical (unpaired) electrons. The van der Waals surface area contributed by atoms with E-state index in [4.69, 9.17) is 0 Å². The Labute approximate surface area is 199 Å². The number of benzene rings is 2. The minimum absolute atomic E-state index is 1.01. The van der Waals surface area contributed by atoms with Crippen LogP contribution in [0.15, 0.2) is 60.7 Å². The van der Waals surface area contributed by atoms with Crippen molar-refractivity contribution in [2.24, 2.45) is 0 Å². The van der Waals surface area contributed by atoms with Crippen LogP contribution in [0.2, 0.25) is 39.3 Å². The molecule has 0 amide bonds. The Bertz CT molecular complexity index is 1020. The van der Waals surface area contributed by atoms with E-state index in [9.17, 15) is 0 Å². The SMILES string of the molecule is C[Si](C)(C)c1ccc2c(c1)[cH-]c1cc([Si](C)(C)C)ccc12.[C-]1=CC=CC1.[Zr+2]=[C]1CC1. The van der Waals surface area contributed by atoms with E-state index in [2.05, 4.69) is 93.9 Å². The van der Waals surface area contributed by atoms with Crippen molar-refractivity contribution in [3.8, 4) is 0 Å². The van der Waals surface area contributed by atoms with Gasteiger partial charge in [0, 0.05) is 0 Å². The number of hydrogen-bond acceptors (Lipinski definition) is 0. The molecule has 5 rings (SSSR count). The van der Waals surface area contributed by atoms with Crippen molar-refractivity contribution in [3.63, 3.8) is 0 Å². The molecule has 0 unspecified atom stereocenters. The molecule has 0 N–H and O–H groups in total. The van der Waals surface area contributed by atoms with Crippen LogP contribution in [0.4, 0.5) is 0 Å². The average molecular weight is 506 g/mol. The van der Waals surface area contributed by atoms with Crippen molar-refractivity contribution in [2.75, 3.05) is 0 Å². The van der Waals surface area contributed by atoms with Gasteiger partial charge in [0.2, 0.25) is 0 Å². The van der Waals surface area contributed by atoms with E-state index in [1.54, 1.807) is 37.8 Å². The van der Waals surface area contributed by atoms with Crippen LogP contribution in [0.3, 0.4) is 0 Å². The molecule has 1 saturated carbocycles. The Balaban J connectivity index is 0.000000233. The van der Waals surface area contributed by atoms with Crippen molar-refractivity contribution >= 4 is 51.3 Å². The Hall–Kier alpha value is -1.02. The van der Waals surface area contributed by atoms with Gasteiger partial charge >= 0.3 is 40.3 Å². The van der Waals surface area contributed by atoms with Gasteiger partial charge in [-0.15, -0.1) is 46.2 Å². The zero-order chi connectivity index (χ0) is 21.9. The molecule has 30 heavy (non-hydrogen) atoms. The molecular weight excluding hydrogens is 472 g/mol. The Morgan fingerprint density at radius 3 is 1.53 bits per heavy atom. The van der Waals surface area contributed by atoms with Crippen LogP contribution in [-0.2, 0) is 24.2 Å². The van der Waals surface area contributed by atoms with Crippen LogP contribution in [0, 0.1) is 6.08 Å². The summed E-state index contributed by atoms with van der Waals surface area (Å²) < 4.78 is 1.76. The van der Waals surface area contributed by atoms with Crippen LogP contribution in [0.5, 0.6) is 0 Å². The molecule has 0 atom stereocenters. The van der Waals surface area contributed by atoms with E-state index in [-0.39, 0.29) is 0 Å². The van der Waals surface area contributed by atoms with E-state index in [1.165, 1.54) is 34.4 Å². The maximum atomic E-state index is 2.99. The van der Waals surface area contributed by atoms with Gasteiger partial charge in [-0.25, -0.2) is 12.2 Å². The van der Waals surface area contributed by atoms with Crippen LogP contribution < -0.4 is 10.4 Å². The van der Waals surface area contributed by atoms with Crippen LogP contribution in [0.1, 0.15) is 19.3 Å². The van der Waals surface area contributed by atoms with Gasteiger partial charge in [-0.2, -0.15) is 6.08 Å². The molecule has 1 fully saturated rings. The van der Waals surface area contributed by atoms with Crippen molar-refractivity contribution < 1.29 is 24.2 Å². The zero-order valence-corrected chi connectivity index (χ0v) is 23.9. The summed E-state index contributed by atoms with van der Waals surface area (Å²) in [5.41, 5.74) is 0. The zero-order valence-electron chi connectivity index (χ0n) is 19.4. The fourth-order valence-electron chi connectivity index (χ4n) is 3.36. The Morgan fingerprint density at radius 1 is 0.800 bits per heavy atom. The molecule has 0 heterocycles. The molecule has 2 aliphatic carbocycles. The maximum absolute atomic E-state index is 2.99. The van der Waals surface area contributed by atoms with Gasteiger partial charge in [0.25, 0.3) is 0 Å². The van der Waals surface area contributed by atoms with Gasteiger partial charge in [0.15, 0.2) is 0 Å². The number of rotatable bonds is 2. The summed E-state index contributed by atoms with van der Waals surface area (Å²) in [5.74, 6) is 0. The second-order valence-corrected chi connectivity index (χ2v) is 22.2. The second kappa shape index (κ2) is 9.63. The van der Waals surface area contributed by atoms with Crippen molar-refractivity contribution in [1.82, 2.24) is 0 Å². The van der Waals surface area contributed by atoms with Gasteiger partial charge in [0.05, 0.1) is 16.1 Å². The quantitative estimate of drug-likeness (QED) is 0.272. The summed E-state index contributed by atoms with van der Waals surface area (Å²) in [7, 11) is -2.47. The Morgan fingerprint density at radius 2 is 1.27 bits per heavy atom. The van der Waals surface area contributed by atoms with Gasteiger partial charge in [-0.3, -0.25) is 6.08 Å². The molecule has 0 saturated heterocycles. The summed E-state index contributed by atoms with van der Waals surface area (Å²) in [4.78, 5) is 0. The fraction of sp³-hybridized carbons (Fsp3) is 0.333. The third kappa shape index (κ3) is 6.49. The normalized spacial score (nSPS) is 15.1. The summed E-state index contributed by atoms with van der Waals surface area (Å²) in [5, 5.41) is 8.75. The third-order valence-corrected chi connectivity index (χ3v) is 10.8. The van der Waals surface area contributed by atoms with Crippen molar-refractivity contribution in [1.29, 1.82) is 0 Å². The van der Waals surface area contributed by atoms with Crippen LogP contribution >= 0.6 is 0 Å². The van der Waals surface area contributed by atoms with Crippen molar-refractivity contribution in [2.45, 2.75) is 58.5 Å². The minimum atomic E-state index is -1.23. The standard InChI is InChI=1S/C19H25Si2.C5H5.C3H4.Zr/c1-20(2,3)16-7-9-18-14(12-16)11-15-13-17(21(4,5)6)8-10-19(15)18;1-2-4-5-3-1;1-2-3-1;/h7-13H,1-6H3;1-3H,4H2;1-2H2;/q2*-1;;+2. The monoisotopic (exact) mass is 504 g/mol. The third-order valence-electron chi connectivity index (χ3n) is 5.52. The fourth-order valence-corrected chi connectivity index (χ4v) is 6.01. The Kier molecular flexibility index (Phi) is 7.59. The first-order valence-corrected chi connectivity index (χ1v) is 19.2. The number of fused-ring (bicyclic) bond motifs is 3. The predicted molar refractivity (Wildman–Crippen MR) is 139 cm³/mol. The topological polar surface area (TPSA) is 0 Å². The van der Waals surface area contributed by atoms with E-state index in [0.717, 1.165) is 6.42 Å². The first-order valence-electron chi connectivity index (χ1n) is 11.0. The van der Waals surface area contributed by atoms with E-state index in [0.29, 0.717) is 0 Å². The molecule has 154 valence electrons. The summed E-state index contributed by atoms with van der Waals surface area (Å²) in [6.07, 6.45) is 12.9. The molecule has 3 aromatic carbocycles. The van der Waals surface area contributed by atoms with E-state index in [1.807, 2.05) is 12.2 Å². The molecule has 3 heteroatoms. The summed E-state index contributed by atoms with van der Waals surface area (Å²) >= 11 is 1.66. The van der Waals surface area contributed by atoms with Gasteiger partial charge in [-0.05, 0) is 0 Å². The molecule has 0 spiro atoms. The molecular formula is C27H34Si2Zr.